The summed E-state index contributed by atoms with van der Waals surface area (Å²) in [6.45, 7) is 0. The molecule has 0 saturated heterocycles. The Bertz CT molecular complexity index is 803. The number of azo groups is 1. The number of benzene rings is 1. The number of sulfonamides is 1. The number of hydrogen-bond acceptors (Lipinski definition) is 8. The normalized spacial score (nSPS) is 11.6. The molecule has 0 atom stereocenters. The molecule has 0 unspecified atom stereocenters. The Hall–Kier alpha value is -3.15. The van der Waals surface area contributed by atoms with Gasteiger partial charge >= 0.3 is 0 Å². The van der Waals surface area contributed by atoms with Crippen molar-refractivity contribution in [3.8, 4) is 0 Å². The molecule has 0 aliphatic heterocycles. The molecule has 116 valence electrons. The van der Waals surface area contributed by atoms with Gasteiger partial charge in [-0.2, -0.15) is 10.2 Å². The van der Waals surface area contributed by atoms with Crippen LogP contribution in [0.1, 0.15) is 0 Å². The molecule has 0 aliphatic rings. The third-order valence-electron chi connectivity index (χ3n) is 2.45. The Morgan fingerprint density at radius 2 is 1.86 bits per heavy atom. The van der Waals surface area contributed by atoms with Crippen LogP contribution in [-0.4, -0.2) is 24.6 Å². The second-order valence-corrected chi connectivity index (χ2v) is 5.77. The SMILES string of the molecule is N=C(N)NS(=O)(=O)c1ccc(N=Nc2c(N)n[nH]c2N)cc1. The third kappa shape index (κ3) is 3.29. The van der Waals surface area contributed by atoms with Crippen LogP contribution in [0.25, 0.3) is 0 Å². The van der Waals surface area contributed by atoms with E-state index in [-0.39, 0.29) is 22.2 Å². The molecule has 0 saturated carbocycles. The zero-order chi connectivity index (χ0) is 16.3. The van der Waals surface area contributed by atoms with Gasteiger partial charge in [-0.25, -0.2) is 13.1 Å². The van der Waals surface area contributed by atoms with Crippen LogP contribution in [0.15, 0.2) is 39.4 Å². The summed E-state index contributed by atoms with van der Waals surface area (Å²) in [6.07, 6.45) is 0. The van der Waals surface area contributed by atoms with Crippen LogP contribution in [0.4, 0.5) is 23.0 Å². The van der Waals surface area contributed by atoms with E-state index in [1.165, 1.54) is 24.3 Å². The van der Waals surface area contributed by atoms with Crippen molar-refractivity contribution < 1.29 is 8.42 Å². The summed E-state index contributed by atoms with van der Waals surface area (Å²) in [7, 11) is -3.87. The molecule has 2 aromatic rings. The van der Waals surface area contributed by atoms with Crippen molar-refractivity contribution in [2.24, 2.45) is 16.0 Å². The van der Waals surface area contributed by atoms with Crippen molar-refractivity contribution in [1.82, 2.24) is 14.9 Å². The van der Waals surface area contributed by atoms with Gasteiger partial charge in [0.25, 0.3) is 10.0 Å². The fourth-order valence-corrected chi connectivity index (χ4v) is 2.37. The monoisotopic (exact) mass is 323 g/mol. The Morgan fingerprint density at radius 1 is 1.23 bits per heavy atom. The highest BCUT2D eigenvalue weighted by Gasteiger charge is 2.14. The van der Waals surface area contributed by atoms with E-state index in [0.29, 0.717) is 5.69 Å². The molecule has 0 amide bonds. The smallest absolute Gasteiger partial charge is 0.264 e. The molecular weight excluding hydrogens is 310 g/mol. The molecule has 12 heteroatoms. The predicted molar refractivity (Wildman–Crippen MR) is 80.3 cm³/mol. The first-order valence-corrected chi connectivity index (χ1v) is 7.26. The van der Waals surface area contributed by atoms with Crippen molar-refractivity contribution in [3.05, 3.63) is 24.3 Å². The van der Waals surface area contributed by atoms with E-state index in [1.54, 1.807) is 0 Å². The van der Waals surface area contributed by atoms with E-state index in [2.05, 4.69) is 20.4 Å². The second kappa shape index (κ2) is 5.69. The second-order valence-electron chi connectivity index (χ2n) is 4.08. The molecule has 1 heterocycles. The lowest BCUT2D eigenvalue weighted by atomic mass is 10.3. The van der Waals surface area contributed by atoms with Gasteiger partial charge in [0, 0.05) is 0 Å². The topological polar surface area (TPSA) is 201 Å². The van der Waals surface area contributed by atoms with Crippen LogP contribution in [0, 0.1) is 5.41 Å². The van der Waals surface area contributed by atoms with E-state index < -0.39 is 16.0 Å². The fourth-order valence-electron chi connectivity index (χ4n) is 1.47. The van der Waals surface area contributed by atoms with Crippen LogP contribution < -0.4 is 21.9 Å². The Labute approximate surface area is 125 Å². The quantitative estimate of drug-likeness (QED) is 0.262. The standard InChI is InChI=1S/C10H13N9O2S/c11-8-7(9(12)18-17-8)16-15-5-1-3-6(4-2-5)22(20,21)19-10(13)14/h1-4H,(H4,13,14,19)(H5,11,12,17,18). The molecule has 0 fully saturated rings. The molecule has 1 aromatic carbocycles. The van der Waals surface area contributed by atoms with Gasteiger partial charge in [0.2, 0.25) is 0 Å². The Balaban J connectivity index is 2.21. The van der Waals surface area contributed by atoms with Gasteiger partial charge in [-0.05, 0) is 24.3 Å². The van der Waals surface area contributed by atoms with E-state index in [4.69, 9.17) is 22.6 Å². The first-order chi connectivity index (χ1) is 10.3. The highest BCUT2D eigenvalue weighted by Crippen LogP contribution is 2.28. The largest absolute Gasteiger partial charge is 0.382 e. The zero-order valence-electron chi connectivity index (χ0n) is 11.1. The van der Waals surface area contributed by atoms with Gasteiger partial charge in [-0.15, -0.1) is 5.11 Å². The number of hydrogen-bond donors (Lipinski definition) is 6. The van der Waals surface area contributed by atoms with E-state index in [0.717, 1.165) is 0 Å². The average Bonchev–Trinajstić information content (AvgIpc) is 2.75. The van der Waals surface area contributed by atoms with E-state index in [1.807, 2.05) is 4.72 Å². The maximum atomic E-state index is 11.8. The summed E-state index contributed by atoms with van der Waals surface area (Å²) in [4.78, 5) is -0.0658. The van der Waals surface area contributed by atoms with Crippen LogP contribution in [0.3, 0.4) is 0 Å². The van der Waals surface area contributed by atoms with Crippen LogP contribution in [0.2, 0.25) is 0 Å². The number of nitrogens with two attached hydrogens (primary N) is 3. The number of H-pyrrole nitrogens is 1. The summed E-state index contributed by atoms with van der Waals surface area (Å²) >= 11 is 0. The number of aromatic nitrogens is 2. The molecule has 2 rings (SSSR count). The molecule has 0 radical (unpaired) electrons. The minimum Gasteiger partial charge on any atom is -0.382 e. The molecular formula is C10H13N9O2S. The third-order valence-corrected chi connectivity index (χ3v) is 3.83. The lowest BCUT2D eigenvalue weighted by molar-refractivity contribution is 0.592. The van der Waals surface area contributed by atoms with Gasteiger partial charge in [-0.3, -0.25) is 10.5 Å². The average molecular weight is 323 g/mol. The Morgan fingerprint density at radius 3 is 2.36 bits per heavy atom. The Kier molecular flexibility index (Phi) is 3.94. The molecule has 0 aliphatic carbocycles. The van der Waals surface area contributed by atoms with Crippen molar-refractivity contribution in [3.63, 3.8) is 0 Å². The molecule has 11 nitrogen and oxygen atoms in total. The lowest BCUT2D eigenvalue weighted by Crippen LogP contribution is -2.35. The number of aromatic amines is 1. The number of guanidine groups is 1. The summed E-state index contributed by atoms with van der Waals surface area (Å²) in [6, 6.07) is 5.43. The maximum absolute atomic E-state index is 11.8. The zero-order valence-corrected chi connectivity index (χ0v) is 11.9. The van der Waals surface area contributed by atoms with E-state index in [9.17, 15) is 8.42 Å². The van der Waals surface area contributed by atoms with Gasteiger partial charge in [0.1, 0.15) is 5.82 Å². The number of nitrogens with zero attached hydrogens (tertiary/aromatic N) is 3. The van der Waals surface area contributed by atoms with Crippen molar-refractivity contribution in [1.29, 1.82) is 5.41 Å². The molecule has 22 heavy (non-hydrogen) atoms. The summed E-state index contributed by atoms with van der Waals surface area (Å²) in [5.41, 5.74) is 16.7. The molecule has 9 N–H and O–H groups in total. The summed E-state index contributed by atoms with van der Waals surface area (Å²) in [5, 5.41) is 20.8. The van der Waals surface area contributed by atoms with Gasteiger partial charge < -0.3 is 17.2 Å². The van der Waals surface area contributed by atoms with E-state index >= 15 is 0 Å². The number of anilines is 2. The maximum Gasteiger partial charge on any atom is 0.264 e. The highest BCUT2D eigenvalue weighted by molar-refractivity contribution is 7.90. The molecule has 1 aromatic heterocycles. The molecule has 0 bridgehead atoms. The van der Waals surface area contributed by atoms with Gasteiger partial charge in [0.15, 0.2) is 17.5 Å². The van der Waals surface area contributed by atoms with Gasteiger partial charge in [0.05, 0.1) is 10.6 Å². The van der Waals surface area contributed by atoms with Crippen molar-refractivity contribution in [2.75, 3.05) is 11.5 Å². The number of nitrogens with one attached hydrogen (secondary N) is 3. The van der Waals surface area contributed by atoms with Gasteiger partial charge in [-0.1, -0.05) is 0 Å². The van der Waals surface area contributed by atoms with Crippen LogP contribution in [-0.2, 0) is 10.0 Å². The number of rotatable bonds is 4. The van der Waals surface area contributed by atoms with Crippen LogP contribution in [0.5, 0.6) is 0 Å². The predicted octanol–water partition coefficient (Wildman–Crippen LogP) is 0.161. The van der Waals surface area contributed by atoms with Crippen molar-refractivity contribution >= 4 is 39.0 Å². The first-order valence-electron chi connectivity index (χ1n) is 5.77. The first kappa shape index (κ1) is 15.2. The fraction of sp³-hybridized carbons (Fsp3) is 0. The minimum absolute atomic E-state index is 0.0658. The molecule has 0 spiro atoms. The highest BCUT2D eigenvalue weighted by atomic mass is 32.2. The van der Waals surface area contributed by atoms with Crippen molar-refractivity contribution in [2.45, 2.75) is 4.90 Å². The summed E-state index contributed by atoms with van der Waals surface area (Å²) < 4.78 is 25.4. The van der Waals surface area contributed by atoms with Crippen LogP contribution >= 0.6 is 0 Å². The summed E-state index contributed by atoms with van der Waals surface area (Å²) in [5.74, 6) is -0.396. The lowest BCUT2D eigenvalue weighted by Gasteiger charge is -2.05. The number of nitrogen functional groups attached to an aromatic ring is 2. The minimum atomic E-state index is -3.87.